The van der Waals surface area contributed by atoms with Crippen molar-refractivity contribution in [2.24, 2.45) is 5.92 Å². The van der Waals surface area contributed by atoms with E-state index in [1.54, 1.807) is 0 Å². The summed E-state index contributed by atoms with van der Waals surface area (Å²) < 4.78 is 5.00. The van der Waals surface area contributed by atoms with Crippen molar-refractivity contribution in [3.8, 4) is 0 Å². The first kappa shape index (κ1) is 29.7. The summed E-state index contributed by atoms with van der Waals surface area (Å²) in [6, 6.07) is 0. The van der Waals surface area contributed by atoms with Crippen molar-refractivity contribution in [3.05, 3.63) is 12.2 Å². The van der Waals surface area contributed by atoms with Crippen LogP contribution in [0.2, 0.25) is 0 Å². The molecule has 0 aromatic carbocycles. The molecule has 0 saturated carbocycles. The van der Waals surface area contributed by atoms with E-state index in [0.29, 0.717) is 13.0 Å². The molecule has 1 unspecified atom stereocenters. The molecule has 0 heterocycles. The largest absolute Gasteiger partial charge is 0.481 e. The van der Waals surface area contributed by atoms with Gasteiger partial charge in [0.15, 0.2) is 0 Å². The predicted molar refractivity (Wildman–Crippen MR) is 130 cm³/mol. The molecule has 31 heavy (non-hydrogen) atoms. The summed E-state index contributed by atoms with van der Waals surface area (Å²) in [4.78, 5) is 22.9. The van der Waals surface area contributed by atoms with Gasteiger partial charge in [-0.3, -0.25) is 9.59 Å². The first-order valence-electron chi connectivity index (χ1n) is 13.1. The molecule has 0 aromatic heterocycles. The summed E-state index contributed by atoms with van der Waals surface area (Å²) in [5.74, 6) is -1.87. The summed E-state index contributed by atoms with van der Waals surface area (Å²) in [5.41, 5.74) is 0. The second-order valence-corrected chi connectivity index (χ2v) is 8.89. The third-order valence-electron chi connectivity index (χ3n) is 5.79. The number of rotatable bonds is 23. The van der Waals surface area contributed by atoms with Crippen LogP contribution in [-0.4, -0.2) is 23.7 Å². The zero-order valence-electron chi connectivity index (χ0n) is 20.5. The van der Waals surface area contributed by atoms with Gasteiger partial charge in [0, 0.05) is 0 Å². The maximum Gasteiger partial charge on any atom is 0.307 e. The van der Waals surface area contributed by atoms with E-state index in [1.165, 1.54) is 83.5 Å². The lowest BCUT2D eigenvalue weighted by Crippen LogP contribution is -2.19. The second kappa shape index (κ2) is 23.3. The summed E-state index contributed by atoms with van der Waals surface area (Å²) in [6.07, 6.45) is 26.3. The van der Waals surface area contributed by atoms with Crippen LogP contribution in [0.4, 0.5) is 0 Å². The highest BCUT2D eigenvalue weighted by Gasteiger charge is 2.21. The molecule has 0 rings (SSSR count). The van der Waals surface area contributed by atoms with Crippen LogP contribution >= 0.6 is 0 Å². The minimum absolute atomic E-state index is 0.000622. The zero-order chi connectivity index (χ0) is 23.0. The normalized spacial score (nSPS) is 12.3. The number of esters is 1. The molecule has 0 aliphatic heterocycles. The van der Waals surface area contributed by atoms with Crippen molar-refractivity contribution < 1.29 is 19.4 Å². The number of carboxylic acid groups (broad SMARTS) is 1. The van der Waals surface area contributed by atoms with Crippen LogP contribution in [0.25, 0.3) is 0 Å². The minimum Gasteiger partial charge on any atom is -0.481 e. The third kappa shape index (κ3) is 21.7. The Labute approximate surface area is 192 Å². The molecule has 0 aliphatic carbocycles. The Morgan fingerprint density at radius 3 is 1.68 bits per heavy atom. The number of hydrogen-bond acceptors (Lipinski definition) is 3. The fourth-order valence-corrected chi connectivity index (χ4v) is 3.78. The Morgan fingerprint density at radius 2 is 1.19 bits per heavy atom. The van der Waals surface area contributed by atoms with Crippen molar-refractivity contribution in [3.63, 3.8) is 0 Å². The van der Waals surface area contributed by atoms with E-state index in [9.17, 15) is 14.7 Å². The van der Waals surface area contributed by atoms with Crippen LogP contribution in [0.5, 0.6) is 0 Å². The van der Waals surface area contributed by atoms with Gasteiger partial charge in [-0.1, -0.05) is 103 Å². The van der Waals surface area contributed by atoms with Gasteiger partial charge in [0.2, 0.25) is 0 Å². The molecule has 0 saturated heterocycles. The van der Waals surface area contributed by atoms with Crippen molar-refractivity contribution in [1.82, 2.24) is 0 Å². The summed E-state index contributed by atoms with van der Waals surface area (Å²) in [7, 11) is 0. The fourth-order valence-electron chi connectivity index (χ4n) is 3.78. The van der Waals surface area contributed by atoms with Gasteiger partial charge in [-0.25, -0.2) is 0 Å². The number of ether oxygens (including phenoxy) is 1. The molecule has 4 nitrogen and oxygen atoms in total. The molecule has 0 radical (unpaired) electrons. The molecule has 0 spiro atoms. The molecule has 0 bridgehead atoms. The Balaban J connectivity index is 3.47. The average molecular weight is 439 g/mol. The van der Waals surface area contributed by atoms with Crippen LogP contribution in [-0.2, 0) is 14.3 Å². The SMILES string of the molecule is CCCCCCCCCC/C=C/CCCCCCCCC(CC(=O)OCCC)C(=O)O. The van der Waals surface area contributed by atoms with Gasteiger partial charge in [-0.05, 0) is 38.5 Å². The quantitative estimate of drug-likeness (QED) is 0.0991. The Kier molecular flexibility index (Phi) is 22.4. The van der Waals surface area contributed by atoms with Crippen LogP contribution < -0.4 is 0 Å². The van der Waals surface area contributed by atoms with E-state index in [-0.39, 0.29) is 12.4 Å². The molecule has 1 atom stereocenters. The Hall–Kier alpha value is -1.32. The lowest BCUT2D eigenvalue weighted by molar-refractivity contribution is -0.151. The van der Waals surface area contributed by atoms with E-state index in [0.717, 1.165) is 25.7 Å². The molecular weight excluding hydrogens is 388 g/mol. The maximum atomic E-state index is 11.6. The van der Waals surface area contributed by atoms with E-state index < -0.39 is 11.9 Å². The van der Waals surface area contributed by atoms with E-state index in [4.69, 9.17) is 4.74 Å². The van der Waals surface area contributed by atoms with Crippen LogP contribution in [0.3, 0.4) is 0 Å². The molecule has 0 amide bonds. The van der Waals surface area contributed by atoms with Gasteiger partial charge in [-0.15, -0.1) is 0 Å². The van der Waals surface area contributed by atoms with Crippen LogP contribution in [0.15, 0.2) is 12.2 Å². The van der Waals surface area contributed by atoms with Crippen molar-refractivity contribution in [2.45, 2.75) is 136 Å². The van der Waals surface area contributed by atoms with Gasteiger partial charge < -0.3 is 9.84 Å². The highest BCUT2D eigenvalue weighted by Crippen LogP contribution is 2.17. The van der Waals surface area contributed by atoms with Gasteiger partial charge in [0.25, 0.3) is 0 Å². The number of carbonyl (C=O) groups excluding carboxylic acids is 1. The van der Waals surface area contributed by atoms with Crippen LogP contribution in [0, 0.1) is 5.92 Å². The Bertz CT molecular complexity index is 445. The van der Waals surface area contributed by atoms with E-state index in [2.05, 4.69) is 19.1 Å². The van der Waals surface area contributed by atoms with Crippen molar-refractivity contribution in [2.75, 3.05) is 6.61 Å². The zero-order valence-corrected chi connectivity index (χ0v) is 20.5. The van der Waals surface area contributed by atoms with Gasteiger partial charge >= 0.3 is 11.9 Å². The monoisotopic (exact) mass is 438 g/mol. The molecule has 4 heteroatoms. The highest BCUT2D eigenvalue weighted by molar-refractivity contribution is 5.78. The van der Waals surface area contributed by atoms with Crippen molar-refractivity contribution in [1.29, 1.82) is 0 Å². The lowest BCUT2D eigenvalue weighted by atomic mass is 9.97. The molecule has 0 fully saturated rings. The summed E-state index contributed by atoms with van der Waals surface area (Å²) >= 11 is 0. The van der Waals surface area contributed by atoms with Gasteiger partial charge in [0.1, 0.15) is 0 Å². The fraction of sp³-hybridized carbons (Fsp3) is 0.852. The molecule has 0 aliphatic rings. The average Bonchev–Trinajstić information content (AvgIpc) is 2.75. The third-order valence-corrected chi connectivity index (χ3v) is 5.79. The first-order valence-corrected chi connectivity index (χ1v) is 13.1. The minimum atomic E-state index is -0.882. The number of hydrogen-bond donors (Lipinski definition) is 1. The smallest absolute Gasteiger partial charge is 0.307 e. The van der Waals surface area contributed by atoms with E-state index in [1.807, 2.05) is 6.92 Å². The second-order valence-electron chi connectivity index (χ2n) is 8.89. The van der Waals surface area contributed by atoms with E-state index >= 15 is 0 Å². The number of allylic oxidation sites excluding steroid dienone is 2. The Morgan fingerprint density at radius 1 is 0.710 bits per heavy atom. The number of unbranched alkanes of at least 4 members (excludes halogenated alkanes) is 14. The number of carbonyl (C=O) groups is 2. The summed E-state index contributed by atoms with van der Waals surface area (Å²) in [5, 5.41) is 9.28. The predicted octanol–water partition coefficient (Wildman–Crippen LogP) is 8.24. The van der Waals surface area contributed by atoms with Gasteiger partial charge in [0.05, 0.1) is 18.9 Å². The first-order chi connectivity index (χ1) is 15.1. The molecule has 0 aromatic rings. The van der Waals surface area contributed by atoms with Crippen molar-refractivity contribution >= 4 is 11.9 Å². The molecule has 1 N–H and O–H groups in total. The number of aliphatic carboxylic acids is 1. The summed E-state index contributed by atoms with van der Waals surface area (Å²) in [6.45, 7) is 4.57. The highest BCUT2D eigenvalue weighted by atomic mass is 16.5. The number of carboxylic acids is 1. The van der Waals surface area contributed by atoms with Gasteiger partial charge in [-0.2, -0.15) is 0 Å². The topological polar surface area (TPSA) is 63.6 Å². The molecular formula is C27H50O4. The lowest BCUT2D eigenvalue weighted by Gasteiger charge is -2.11. The molecule has 182 valence electrons. The van der Waals surface area contributed by atoms with Crippen LogP contribution in [0.1, 0.15) is 136 Å². The maximum absolute atomic E-state index is 11.6. The standard InChI is InChI=1S/C27H50O4/c1-3-5-6-7-8-9-10-11-12-13-14-15-16-17-18-19-20-21-22-25(27(29)30)24-26(28)31-23-4-2/h13-14,25H,3-12,15-24H2,1-2H3,(H,29,30)/b14-13+.